The van der Waals surface area contributed by atoms with Gasteiger partial charge in [-0.05, 0) is 31.2 Å². The largest absolute Gasteiger partial charge is 0.497 e. The monoisotopic (exact) mass is 295 g/mol. The lowest BCUT2D eigenvalue weighted by atomic mass is 10.1. The highest BCUT2D eigenvalue weighted by molar-refractivity contribution is 5.81. The van der Waals surface area contributed by atoms with Gasteiger partial charge in [0, 0.05) is 13.6 Å². The van der Waals surface area contributed by atoms with Crippen LogP contribution in [0.2, 0.25) is 0 Å². The Labute approximate surface area is 124 Å². The van der Waals surface area contributed by atoms with E-state index >= 15 is 0 Å². The molecule has 0 aromatic heterocycles. The summed E-state index contributed by atoms with van der Waals surface area (Å²) in [6.07, 6.45) is -0.690. The van der Waals surface area contributed by atoms with E-state index in [1.54, 1.807) is 52.3 Å². The molecule has 6 nitrogen and oxygen atoms in total. The Morgan fingerprint density at radius 1 is 1.19 bits per heavy atom. The van der Waals surface area contributed by atoms with Gasteiger partial charge in [0.25, 0.3) is 5.91 Å². The highest BCUT2D eigenvalue weighted by Gasteiger charge is 2.22. The fraction of sp³-hybridized carbons (Fsp3) is 0.467. The van der Waals surface area contributed by atoms with Crippen molar-refractivity contribution < 1.29 is 24.2 Å². The SMILES string of the molecule is COc1ccc(OC(C)C(=O)N(C)CC(C)C(=O)O)cc1. The zero-order chi connectivity index (χ0) is 16.0. The Balaban J connectivity index is 2.58. The van der Waals surface area contributed by atoms with Crippen molar-refractivity contribution >= 4 is 11.9 Å². The number of carboxylic acid groups (broad SMARTS) is 1. The summed E-state index contributed by atoms with van der Waals surface area (Å²) in [7, 11) is 3.14. The number of nitrogens with zero attached hydrogens (tertiary/aromatic N) is 1. The summed E-state index contributed by atoms with van der Waals surface area (Å²) in [6.45, 7) is 3.33. The van der Waals surface area contributed by atoms with Crippen LogP contribution in [-0.2, 0) is 9.59 Å². The lowest BCUT2D eigenvalue weighted by Crippen LogP contribution is -2.41. The Morgan fingerprint density at radius 2 is 1.71 bits per heavy atom. The number of carbonyl (C=O) groups is 2. The van der Waals surface area contributed by atoms with Crippen molar-refractivity contribution in [2.45, 2.75) is 20.0 Å². The van der Waals surface area contributed by atoms with Crippen molar-refractivity contribution in [2.24, 2.45) is 5.92 Å². The first-order valence-electron chi connectivity index (χ1n) is 6.63. The second kappa shape index (κ2) is 7.52. The highest BCUT2D eigenvalue weighted by Crippen LogP contribution is 2.18. The standard InChI is InChI=1S/C15H21NO5/c1-10(15(18)19)9-16(3)14(17)11(2)21-13-7-5-12(20-4)6-8-13/h5-8,10-11H,9H2,1-4H3,(H,18,19). The molecule has 1 rings (SSSR count). The van der Waals surface area contributed by atoms with Crippen LogP contribution in [0.15, 0.2) is 24.3 Å². The molecular formula is C15H21NO5. The van der Waals surface area contributed by atoms with Crippen LogP contribution in [0.4, 0.5) is 0 Å². The molecule has 0 saturated carbocycles. The van der Waals surface area contributed by atoms with Gasteiger partial charge in [-0.25, -0.2) is 0 Å². The molecule has 6 heteroatoms. The van der Waals surface area contributed by atoms with Crippen molar-refractivity contribution in [2.75, 3.05) is 20.7 Å². The van der Waals surface area contributed by atoms with E-state index in [0.29, 0.717) is 11.5 Å². The molecular weight excluding hydrogens is 274 g/mol. The lowest BCUT2D eigenvalue weighted by Gasteiger charge is -2.23. The average Bonchev–Trinajstić information content (AvgIpc) is 2.46. The molecule has 0 saturated heterocycles. The Bertz CT molecular complexity index is 485. The van der Waals surface area contributed by atoms with Gasteiger partial charge in [0.15, 0.2) is 6.10 Å². The minimum absolute atomic E-state index is 0.143. The molecule has 2 atom stereocenters. The van der Waals surface area contributed by atoms with Gasteiger partial charge in [0.2, 0.25) is 0 Å². The van der Waals surface area contributed by atoms with Crippen molar-refractivity contribution in [1.82, 2.24) is 4.90 Å². The van der Waals surface area contributed by atoms with Crippen LogP contribution >= 0.6 is 0 Å². The molecule has 1 amide bonds. The summed E-state index contributed by atoms with van der Waals surface area (Å²) in [6, 6.07) is 6.90. The average molecular weight is 295 g/mol. The Hall–Kier alpha value is -2.24. The maximum absolute atomic E-state index is 12.1. The van der Waals surface area contributed by atoms with Crippen LogP contribution in [-0.4, -0.2) is 48.7 Å². The van der Waals surface area contributed by atoms with E-state index in [1.165, 1.54) is 4.90 Å². The molecule has 0 fully saturated rings. The highest BCUT2D eigenvalue weighted by atomic mass is 16.5. The second-order valence-corrected chi connectivity index (χ2v) is 4.89. The van der Waals surface area contributed by atoms with Crippen molar-refractivity contribution in [3.8, 4) is 11.5 Å². The van der Waals surface area contributed by atoms with Gasteiger partial charge >= 0.3 is 5.97 Å². The minimum Gasteiger partial charge on any atom is -0.497 e. The molecule has 1 aromatic carbocycles. The second-order valence-electron chi connectivity index (χ2n) is 4.89. The van der Waals surface area contributed by atoms with Crippen LogP contribution in [0, 0.1) is 5.92 Å². The summed E-state index contributed by atoms with van der Waals surface area (Å²) >= 11 is 0. The Morgan fingerprint density at radius 3 is 2.19 bits per heavy atom. The number of carboxylic acids is 1. The summed E-state index contributed by atoms with van der Waals surface area (Å²) in [5.41, 5.74) is 0. The smallest absolute Gasteiger partial charge is 0.308 e. The Kier molecular flexibility index (Phi) is 6.02. The van der Waals surface area contributed by atoms with Gasteiger partial charge in [-0.1, -0.05) is 6.92 Å². The van der Waals surface area contributed by atoms with Gasteiger partial charge in [-0.3, -0.25) is 9.59 Å². The fourth-order valence-corrected chi connectivity index (χ4v) is 1.80. The van der Waals surface area contributed by atoms with E-state index in [0.717, 1.165) is 0 Å². The van der Waals surface area contributed by atoms with Crippen LogP contribution in [0.1, 0.15) is 13.8 Å². The lowest BCUT2D eigenvalue weighted by molar-refractivity contribution is -0.144. The molecule has 0 aliphatic heterocycles. The first kappa shape index (κ1) is 16.8. The molecule has 0 aliphatic rings. The zero-order valence-electron chi connectivity index (χ0n) is 12.7. The molecule has 21 heavy (non-hydrogen) atoms. The third kappa shape index (κ3) is 4.98. The van der Waals surface area contributed by atoms with Gasteiger partial charge in [0.05, 0.1) is 13.0 Å². The molecule has 1 aromatic rings. The number of carbonyl (C=O) groups excluding carboxylic acids is 1. The zero-order valence-corrected chi connectivity index (χ0v) is 12.7. The number of likely N-dealkylation sites (N-methyl/N-ethyl adjacent to an activating group) is 1. The summed E-state index contributed by atoms with van der Waals surface area (Å²) < 4.78 is 10.6. The number of rotatable bonds is 7. The van der Waals surface area contributed by atoms with Crippen LogP contribution in [0.3, 0.4) is 0 Å². The molecule has 0 radical (unpaired) electrons. The van der Waals surface area contributed by atoms with Gasteiger partial charge in [-0.2, -0.15) is 0 Å². The summed E-state index contributed by atoms with van der Waals surface area (Å²) in [4.78, 5) is 24.3. The van der Waals surface area contributed by atoms with Crippen LogP contribution < -0.4 is 9.47 Å². The first-order valence-corrected chi connectivity index (χ1v) is 6.63. The van der Waals surface area contributed by atoms with E-state index in [-0.39, 0.29) is 12.5 Å². The molecule has 0 bridgehead atoms. The van der Waals surface area contributed by atoms with E-state index in [2.05, 4.69) is 0 Å². The molecule has 0 heterocycles. The van der Waals surface area contributed by atoms with E-state index < -0.39 is 18.0 Å². The quantitative estimate of drug-likeness (QED) is 0.827. The number of hydrogen-bond donors (Lipinski definition) is 1. The first-order chi connectivity index (χ1) is 9.85. The normalized spacial score (nSPS) is 13.1. The van der Waals surface area contributed by atoms with Gasteiger partial charge in [-0.15, -0.1) is 0 Å². The molecule has 0 aliphatic carbocycles. The number of hydrogen-bond acceptors (Lipinski definition) is 4. The van der Waals surface area contributed by atoms with Gasteiger partial charge in [0.1, 0.15) is 11.5 Å². The fourth-order valence-electron chi connectivity index (χ4n) is 1.80. The topological polar surface area (TPSA) is 76.1 Å². The predicted octanol–water partition coefficient (Wildman–Crippen LogP) is 1.64. The summed E-state index contributed by atoms with van der Waals surface area (Å²) in [5.74, 6) is -0.561. The molecule has 0 spiro atoms. The van der Waals surface area contributed by atoms with E-state index in [4.69, 9.17) is 14.6 Å². The number of methoxy groups -OCH3 is 1. The number of ether oxygens (including phenoxy) is 2. The summed E-state index contributed by atoms with van der Waals surface area (Å²) in [5, 5.41) is 8.85. The van der Waals surface area contributed by atoms with Crippen LogP contribution in [0.25, 0.3) is 0 Å². The molecule has 116 valence electrons. The number of benzene rings is 1. The molecule has 1 N–H and O–H groups in total. The third-order valence-corrected chi connectivity index (χ3v) is 3.07. The third-order valence-electron chi connectivity index (χ3n) is 3.07. The number of aliphatic carboxylic acids is 1. The number of amides is 1. The van der Waals surface area contributed by atoms with Crippen molar-refractivity contribution in [3.63, 3.8) is 0 Å². The predicted molar refractivity (Wildman–Crippen MR) is 77.5 cm³/mol. The van der Waals surface area contributed by atoms with E-state index in [1.807, 2.05) is 0 Å². The van der Waals surface area contributed by atoms with E-state index in [9.17, 15) is 9.59 Å². The maximum atomic E-state index is 12.1. The van der Waals surface area contributed by atoms with Gasteiger partial charge < -0.3 is 19.5 Å². The molecule has 2 unspecified atom stereocenters. The van der Waals surface area contributed by atoms with Crippen molar-refractivity contribution in [3.05, 3.63) is 24.3 Å². The minimum atomic E-state index is -0.932. The van der Waals surface area contributed by atoms with Crippen LogP contribution in [0.5, 0.6) is 11.5 Å². The maximum Gasteiger partial charge on any atom is 0.308 e. The van der Waals surface area contributed by atoms with Crippen molar-refractivity contribution in [1.29, 1.82) is 0 Å².